The van der Waals surface area contributed by atoms with Crippen LogP contribution in [0.4, 0.5) is 0 Å². The summed E-state index contributed by atoms with van der Waals surface area (Å²) in [5, 5.41) is 14.7. The molecule has 0 aliphatic rings. The number of benzene rings is 1. The summed E-state index contributed by atoms with van der Waals surface area (Å²) >= 11 is 3.29. The zero-order chi connectivity index (χ0) is 15.9. The number of aromatic nitrogens is 4. The lowest BCUT2D eigenvalue weighted by Gasteiger charge is -2.04. The van der Waals surface area contributed by atoms with Crippen molar-refractivity contribution in [2.24, 2.45) is 0 Å². The highest BCUT2D eigenvalue weighted by Gasteiger charge is 2.09. The molecule has 0 N–H and O–H groups in total. The van der Waals surface area contributed by atoms with Gasteiger partial charge in [0, 0.05) is 27.7 Å². The van der Waals surface area contributed by atoms with Crippen LogP contribution >= 0.6 is 23.1 Å². The first-order chi connectivity index (χ1) is 11.3. The van der Waals surface area contributed by atoms with Crippen molar-refractivity contribution in [2.75, 3.05) is 11.5 Å². The Morgan fingerprint density at radius 2 is 2.04 bits per heavy atom. The van der Waals surface area contributed by atoms with E-state index in [1.54, 1.807) is 23.1 Å². The number of hydrogen-bond acceptors (Lipinski definition) is 6. The summed E-state index contributed by atoms with van der Waals surface area (Å²) < 4.78 is 14.0. The van der Waals surface area contributed by atoms with Crippen LogP contribution < -0.4 is 0 Å². The summed E-state index contributed by atoms with van der Waals surface area (Å²) in [4.78, 5) is 2.19. The molecule has 0 bridgehead atoms. The molecule has 120 valence electrons. The predicted octanol–water partition coefficient (Wildman–Crippen LogP) is 2.88. The number of aryl methyl sites for hydroxylation is 2. The molecule has 0 fully saturated rings. The van der Waals surface area contributed by atoms with Crippen molar-refractivity contribution in [3.63, 3.8) is 0 Å². The number of thioether (sulfide) groups is 1. The summed E-state index contributed by atoms with van der Waals surface area (Å²) in [7, 11) is -0.977. The van der Waals surface area contributed by atoms with Gasteiger partial charge in [0.15, 0.2) is 0 Å². The summed E-state index contributed by atoms with van der Waals surface area (Å²) in [5.74, 6) is 1.31. The fourth-order valence-corrected chi connectivity index (χ4v) is 4.90. The second-order valence-electron chi connectivity index (χ2n) is 4.73. The fraction of sp³-hybridized carbons (Fsp3) is 0.267. The molecule has 1 atom stereocenters. The van der Waals surface area contributed by atoms with E-state index in [0.717, 1.165) is 28.8 Å². The van der Waals surface area contributed by atoms with Crippen LogP contribution in [0.2, 0.25) is 0 Å². The van der Waals surface area contributed by atoms with Crippen LogP contribution in [0.15, 0.2) is 57.9 Å². The highest BCUT2D eigenvalue weighted by atomic mass is 32.2. The Bertz CT molecular complexity index is 743. The Balaban J connectivity index is 1.49. The molecule has 0 saturated carbocycles. The SMILES string of the molecule is O=[S@](CCSc1nnnn1CCc1cccs1)c1ccccc1. The molecule has 8 heteroatoms. The maximum atomic E-state index is 12.2. The molecule has 0 saturated heterocycles. The van der Waals surface area contributed by atoms with Crippen molar-refractivity contribution >= 4 is 33.9 Å². The minimum atomic E-state index is -0.977. The van der Waals surface area contributed by atoms with E-state index in [9.17, 15) is 4.21 Å². The van der Waals surface area contributed by atoms with Gasteiger partial charge in [0.05, 0.1) is 17.3 Å². The molecule has 0 spiro atoms. The fourth-order valence-electron chi connectivity index (χ4n) is 2.01. The molecule has 23 heavy (non-hydrogen) atoms. The molecule has 3 aromatic rings. The molecule has 0 radical (unpaired) electrons. The van der Waals surface area contributed by atoms with Crippen LogP contribution in [-0.4, -0.2) is 35.9 Å². The predicted molar refractivity (Wildman–Crippen MR) is 94.3 cm³/mol. The molecule has 2 heterocycles. The van der Waals surface area contributed by atoms with E-state index < -0.39 is 10.8 Å². The second-order valence-corrected chi connectivity index (χ2v) is 8.39. The number of hydrogen-bond donors (Lipinski definition) is 0. The summed E-state index contributed by atoms with van der Waals surface area (Å²) in [6, 6.07) is 13.7. The van der Waals surface area contributed by atoms with E-state index in [1.165, 1.54) is 4.88 Å². The maximum absolute atomic E-state index is 12.2. The van der Waals surface area contributed by atoms with Crippen molar-refractivity contribution in [3.05, 3.63) is 52.7 Å². The van der Waals surface area contributed by atoms with Gasteiger partial charge in [0.1, 0.15) is 0 Å². The van der Waals surface area contributed by atoms with Crippen molar-refractivity contribution < 1.29 is 4.21 Å². The van der Waals surface area contributed by atoms with E-state index in [0.29, 0.717) is 5.75 Å². The lowest BCUT2D eigenvalue weighted by molar-refractivity contribution is 0.551. The average molecular weight is 365 g/mol. The summed E-state index contributed by atoms with van der Waals surface area (Å²) in [5.41, 5.74) is 0. The van der Waals surface area contributed by atoms with E-state index >= 15 is 0 Å². The molecule has 1 aromatic carbocycles. The normalized spacial score (nSPS) is 12.3. The van der Waals surface area contributed by atoms with Crippen molar-refractivity contribution in [1.82, 2.24) is 20.2 Å². The van der Waals surface area contributed by atoms with Gasteiger partial charge in [0.25, 0.3) is 0 Å². The van der Waals surface area contributed by atoms with Gasteiger partial charge in [-0.2, -0.15) is 0 Å². The Morgan fingerprint density at radius 1 is 1.17 bits per heavy atom. The third-order valence-electron chi connectivity index (χ3n) is 3.16. The monoisotopic (exact) mass is 364 g/mol. The van der Waals surface area contributed by atoms with Crippen LogP contribution in [0.3, 0.4) is 0 Å². The minimum absolute atomic E-state index is 0.590. The van der Waals surface area contributed by atoms with Crippen molar-refractivity contribution in [3.8, 4) is 0 Å². The number of nitrogens with zero attached hydrogens (tertiary/aromatic N) is 4. The van der Waals surface area contributed by atoms with E-state index in [4.69, 9.17) is 0 Å². The van der Waals surface area contributed by atoms with Crippen LogP contribution in [0.1, 0.15) is 4.88 Å². The Kier molecular flexibility index (Phi) is 5.95. The molecule has 3 rings (SSSR count). The van der Waals surface area contributed by atoms with Gasteiger partial charge < -0.3 is 0 Å². The number of tetrazole rings is 1. The van der Waals surface area contributed by atoms with Crippen LogP contribution in [0, 0.1) is 0 Å². The van der Waals surface area contributed by atoms with Crippen LogP contribution in [0.5, 0.6) is 0 Å². The van der Waals surface area contributed by atoms with Crippen molar-refractivity contribution in [1.29, 1.82) is 0 Å². The van der Waals surface area contributed by atoms with Crippen molar-refractivity contribution in [2.45, 2.75) is 23.0 Å². The van der Waals surface area contributed by atoms with Gasteiger partial charge in [0.2, 0.25) is 5.16 Å². The molecule has 5 nitrogen and oxygen atoms in total. The lowest BCUT2D eigenvalue weighted by Crippen LogP contribution is -2.06. The minimum Gasteiger partial charge on any atom is -0.254 e. The Morgan fingerprint density at radius 3 is 2.83 bits per heavy atom. The van der Waals surface area contributed by atoms with Gasteiger partial charge >= 0.3 is 0 Å². The first kappa shape index (κ1) is 16.4. The third-order valence-corrected chi connectivity index (χ3v) is 6.68. The third kappa shape index (κ3) is 4.73. The second kappa shape index (κ2) is 8.37. The molecule has 0 aliphatic carbocycles. The molecule has 2 aromatic heterocycles. The van der Waals surface area contributed by atoms with E-state index in [-0.39, 0.29) is 0 Å². The van der Waals surface area contributed by atoms with E-state index in [1.807, 2.05) is 41.1 Å². The zero-order valence-corrected chi connectivity index (χ0v) is 14.8. The van der Waals surface area contributed by atoms with Crippen LogP contribution in [0.25, 0.3) is 0 Å². The quantitative estimate of drug-likeness (QED) is 0.575. The van der Waals surface area contributed by atoms with Gasteiger partial charge in [-0.3, -0.25) is 4.21 Å². The standard InChI is InChI=1S/C15H16N4OS3/c20-23(14-6-2-1-3-7-14)12-11-22-15-16-17-18-19(15)9-8-13-5-4-10-21-13/h1-7,10H,8-9,11-12H2/t23-/m1/s1. The first-order valence-corrected chi connectivity index (χ1v) is 10.4. The number of thiophene rings is 1. The Labute approximate surface area is 145 Å². The molecule has 0 unspecified atom stereocenters. The Hall–Kier alpha value is -1.51. The smallest absolute Gasteiger partial charge is 0.209 e. The van der Waals surface area contributed by atoms with Gasteiger partial charge in [-0.1, -0.05) is 36.0 Å². The molecule has 0 aliphatic heterocycles. The zero-order valence-electron chi connectivity index (χ0n) is 12.4. The highest BCUT2D eigenvalue weighted by molar-refractivity contribution is 8.00. The molecular formula is C15H16N4OS3. The largest absolute Gasteiger partial charge is 0.254 e. The van der Waals surface area contributed by atoms with Gasteiger partial charge in [-0.05, 0) is 34.0 Å². The maximum Gasteiger partial charge on any atom is 0.209 e. The summed E-state index contributed by atoms with van der Waals surface area (Å²) in [6.07, 6.45) is 0.923. The molecular weight excluding hydrogens is 348 g/mol. The molecule has 0 amide bonds. The average Bonchev–Trinajstić information content (AvgIpc) is 3.25. The summed E-state index contributed by atoms with van der Waals surface area (Å²) in [6.45, 7) is 0.762. The van der Waals surface area contributed by atoms with Gasteiger partial charge in [-0.25, -0.2) is 4.68 Å². The topological polar surface area (TPSA) is 60.7 Å². The highest BCUT2D eigenvalue weighted by Crippen LogP contribution is 2.17. The lowest BCUT2D eigenvalue weighted by atomic mass is 10.3. The number of rotatable bonds is 8. The van der Waals surface area contributed by atoms with E-state index in [2.05, 4.69) is 27.0 Å². The van der Waals surface area contributed by atoms with Gasteiger partial charge in [-0.15, -0.1) is 16.4 Å². The van der Waals surface area contributed by atoms with Crippen LogP contribution in [-0.2, 0) is 23.8 Å². The first-order valence-electron chi connectivity index (χ1n) is 7.18.